The molecule has 2 aromatic heterocycles. The molecular formula is C14H21Cl2N5. The van der Waals surface area contributed by atoms with Crippen LogP contribution in [0.15, 0.2) is 12.5 Å². The smallest absolute Gasteiger partial charge is 0.143 e. The van der Waals surface area contributed by atoms with E-state index < -0.39 is 0 Å². The minimum absolute atomic E-state index is 0. The van der Waals surface area contributed by atoms with Gasteiger partial charge in [0.05, 0.1) is 5.39 Å². The predicted molar refractivity (Wildman–Crippen MR) is 89.9 cm³/mol. The van der Waals surface area contributed by atoms with Crippen LogP contribution in [0.2, 0.25) is 0 Å². The molecular weight excluding hydrogens is 309 g/mol. The number of nitrogens with zero attached hydrogens (tertiary/aromatic N) is 3. The second-order valence-corrected chi connectivity index (χ2v) is 5.99. The van der Waals surface area contributed by atoms with Crippen molar-refractivity contribution in [3.05, 3.63) is 18.1 Å². The van der Waals surface area contributed by atoms with Gasteiger partial charge in [0.25, 0.3) is 0 Å². The summed E-state index contributed by atoms with van der Waals surface area (Å²) in [5.74, 6) is 1.10. The summed E-state index contributed by atoms with van der Waals surface area (Å²) in [6, 6.07) is 0. The van der Waals surface area contributed by atoms with Gasteiger partial charge in [-0.3, -0.25) is 0 Å². The number of aryl methyl sites for hydroxylation is 1. The van der Waals surface area contributed by atoms with Crippen molar-refractivity contribution in [3.8, 4) is 0 Å². The lowest BCUT2D eigenvalue weighted by molar-refractivity contribution is 0.369. The summed E-state index contributed by atoms with van der Waals surface area (Å²) in [4.78, 5) is 14.5. The number of anilines is 1. The highest BCUT2D eigenvalue weighted by Gasteiger charge is 2.41. The molecule has 2 aliphatic rings. The molecule has 1 spiro atoms. The van der Waals surface area contributed by atoms with Gasteiger partial charge >= 0.3 is 0 Å². The number of H-pyrrole nitrogens is 1. The Morgan fingerprint density at radius 1 is 1.24 bits per heavy atom. The molecule has 0 saturated carbocycles. The van der Waals surface area contributed by atoms with Gasteiger partial charge in [-0.25, -0.2) is 9.97 Å². The molecule has 2 aliphatic heterocycles. The molecule has 4 heterocycles. The van der Waals surface area contributed by atoms with Crippen LogP contribution in [0, 0.1) is 12.3 Å². The predicted octanol–water partition coefficient (Wildman–Crippen LogP) is 2.30. The van der Waals surface area contributed by atoms with Crippen molar-refractivity contribution in [1.29, 1.82) is 0 Å². The van der Waals surface area contributed by atoms with Crippen LogP contribution >= 0.6 is 24.8 Å². The first kappa shape index (κ1) is 16.3. The molecule has 116 valence electrons. The number of nitrogens with one attached hydrogen (secondary N) is 2. The van der Waals surface area contributed by atoms with Crippen LogP contribution in [-0.4, -0.2) is 41.1 Å². The summed E-state index contributed by atoms with van der Waals surface area (Å²) in [6.07, 6.45) is 6.26. The molecule has 0 bridgehead atoms. The van der Waals surface area contributed by atoms with Crippen molar-refractivity contribution in [2.75, 3.05) is 31.1 Å². The van der Waals surface area contributed by atoms with Gasteiger partial charge in [-0.1, -0.05) is 0 Å². The van der Waals surface area contributed by atoms with Gasteiger partial charge in [-0.05, 0) is 31.9 Å². The monoisotopic (exact) mass is 329 g/mol. The second-order valence-electron chi connectivity index (χ2n) is 5.99. The average molecular weight is 330 g/mol. The number of aromatic amines is 1. The molecule has 1 atom stereocenters. The molecule has 0 radical (unpaired) electrons. The van der Waals surface area contributed by atoms with Crippen molar-refractivity contribution in [2.45, 2.75) is 19.8 Å². The highest BCUT2D eigenvalue weighted by atomic mass is 35.5. The number of hydrogen-bond donors (Lipinski definition) is 2. The zero-order valence-electron chi connectivity index (χ0n) is 12.1. The van der Waals surface area contributed by atoms with Crippen LogP contribution in [-0.2, 0) is 0 Å². The molecule has 21 heavy (non-hydrogen) atoms. The number of aromatic nitrogens is 3. The van der Waals surface area contributed by atoms with Gasteiger partial charge < -0.3 is 15.2 Å². The quantitative estimate of drug-likeness (QED) is 0.842. The van der Waals surface area contributed by atoms with E-state index in [2.05, 4.69) is 32.1 Å². The standard InChI is InChI=1S/C14H19N5.2ClH/c1-10-6-16-12-11(10)13(18-9-17-12)19-5-3-14(8-19)2-4-15-7-14;;/h6,9,15H,2-5,7-8H2,1H3,(H,16,17,18);2*1H. The highest BCUT2D eigenvalue weighted by molar-refractivity contribution is 5.90. The Balaban J connectivity index is 0.000000807. The number of hydrogen-bond acceptors (Lipinski definition) is 4. The van der Waals surface area contributed by atoms with E-state index in [1.54, 1.807) is 6.33 Å². The Kier molecular flexibility index (Phi) is 4.66. The van der Waals surface area contributed by atoms with E-state index in [4.69, 9.17) is 0 Å². The van der Waals surface area contributed by atoms with Crippen LogP contribution in [0.4, 0.5) is 5.82 Å². The molecule has 7 heteroatoms. The van der Waals surface area contributed by atoms with Crippen LogP contribution < -0.4 is 10.2 Å². The summed E-state index contributed by atoms with van der Waals surface area (Å²) < 4.78 is 0. The van der Waals surface area contributed by atoms with Crippen LogP contribution in [0.3, 0.4) is 0 Å². The van der Waals surface area contributed by atoms with Crippen molar-refractivity contribution in [2.24, 2.45) is 5.41 Å². The van der Waals surface area contributed by atoms with E-state index in [0.29, 0.717) is 5.41 Å². The Morgan fingerprint density at radius 2 is 2.10 bits per heavy atom. The third kappa shape index (κ3) is 2.58. The second kappa shape index (κ2) is 5.99. The minimum Gasteiger partial charge on any atom is -0.355 e. The fraction of sp³-hybridized carbons (Fsp3) is 0.571. The van der Waals surface area contributed by atoms with E-state index in [1.165, 1.54) is 23.8 Å². The minimum atomic E-state index is 0. The van der Waals surface area contributed by atoms with Gasteiger partial charge in [0.1, 0.15) is 17.8 Å². The van der Waals surface area contributed by atoms with Crippen molar-refractivity contribution in [1.82, 2.24) is 20.3 Å². The highest BCUT2D eigenvalue weighted by Crippen LogP contribution is 2.39. The topological polar surface area (TPSA) is 56.8 Å². The lowest BCUT2D eigenvalue weighted by Gasteiger charge is -2.23. The van der Waals surface area contributed by atoms with Crippen LogP contribution in [0.5, 0.6) is 0 Å². The first-order chi connectivity index (χ1) is 9.27. The lowest BCUT2D eigenvalue weighted by atomic mass is 9.87. The third-order valence-electron chi connectivity index (χ3n) is 4.72. The molecule has 0 amide bonds. The summed E-state index contributed by atoms with van der Waals surface area (Å²) in [6.45, 7) is 6.67. The zero-order chi connectivity index (χ0) is 12.9. The molecule has 2 fully saturated rings. The summed E-state index contributed by atoms with van der Waals surface area (Å²) in [5, 5.41) is 4.69. The largest absolute Gasteiger partial charge is 0.355 e. The van der Waals surface area contributed by atoms with Crippen LogP contribution in [0.1, 0.15) is 18.4 Å². The molecule has 2 aromatic rings. The van der Waals surface area contributed by atoms with Gasteiger partial charge in [0.15, 0.2) is 0 Å². The van der Waals surface area contributed by atoms with Crippen molar-refractivity contribution in [3.63, 3.8) is 0 Å². The number of fused-ring (bicyclic) bond motifs is 1. The molecule has 5 nitrogen and oxygen atoms in total. The average Bonchev–Trinajstić information content (AvgIpc) is 3.13. The van der Waals surface area contributed by atoms with E-state index in [9.17, 15) is 0 Å². The maximum Gasteiger partial charge on any atom is 0.143 e. The number of halogens is 2. The van der Waals surface area contributed by atoms with Gasteiger partial charge in [0.2, 0.25) is 0 Å². The molecule has 2 saturated heterocycles. The zero-order valence-corrected chi connectivity index (χ0v) is 13.7. The maximum absolute atomic E-state index is 4.55. The first-order valence-electron chi connectivity index (χ1n) is 7.02. The van der Waals surface area contributed by atoms with E-state index >= 15 is 0 Å². The molecule has 0 aromatic carbocycles. The molecule has 2 N–H and O–H groups in total. The van der Waals surface area contributed by atoms with Crippen molar-refractivity contribution >= 4 is 41.7 Å². The van der Waals surface area contributed by atoms with Gasteiger partial charge in [0, 0.05) is 31.2 Å². The fourth-order valence-electron chi connectivity index (χ4n) is 3.60. The van der Waals surface area contributed by atoms with Gasteiger partial charge in [-0.2, -0.15) is 0 Å². The Morgan fingerprint density at radius 3 is 2.86 bits per heavy atom. The van der Waals surface area contributed by atoms with E-state index in [0.717, 1.165) is 37.6 Å². The van der Waals surface area contributed by atoms with Gasteiger partial charge in [-0.15, -0.1) is 24.8 Å². The molecule has 4 rings (SSSR count). The Hall–Kier alpha value is -1.04. The third-order valence-corrected chi connectivity index (χ3v) is 4.72. The van der Waals surface area contributed by atoms with Crippen LogP contribution in [0.25, 0.3) is 11.0 Å². The summed E-state index contributed by atoms with van der Waals surface area (Å²) >= 11 is 0. The van der Waals surface area contributed by atoms with E-state index in [-0.39, 0.29) is 24.8 Å². The fourth-order valence-corrected chi connectivity index (χ4v) is 3.60. The molecule has 0 aliphatic carbocycles. The van der Waals surface area contributed by atoms with Crippen molar-refractivity contribution < 1.29 is 0 Å². The maximum atomic E-state index is 4.55. The number of rotatable bonds is 1. The first-order valence-corrected chi connectivity index (χ1v) is 7.02. The summed E-state index contributed by atoms with van der Waals surface area (Å²) in [7, 11) is 0. The molecule has 1 unspecified atom stereocenters. The Labute approximate surface area is 136 Å². The summed E-state index contributed by atoms with van der Waals surface area (Å²) in [5.41, 5.74) is 2.66. The van der Waals surface area contributed by atoms with E-state index in [1.807, 2.05) is 6.20 Å². The Bertz CT molecular complexity index is 621. The lowest BCUT2D eigenvalue weighted by Crippen LogP contribution is -2.29. The SMILES string of the molecule is Cc1c[nH]c2ncnc(N3CCC4(CCNC4)C3)c12.Cl.Cl. The normalized spacial score (nSPS) is 24.3.